The number of likely N-dealkylation sites (N-methyl/N-ethyl adjacent to an activating group) is 1. The maximum absolute atomic E-state index is 6.10. The molecule has 0 radical (unpaired) electrons. The normalized spacial score (nSPS) is 18.9. The van der Waals surface area contributed by atoms with Crippen LogP contribution in [-0.2, 0) is 5.41 Å². The van der Waals surface area contributed by atoms with Crippen LogP contribution in [0, 0.1) is 0 Å². The summed E-state index contributed by atoms with van der Waals surface area (Å²) in [6.45, 7) is 1.02. The van der Waals surface area contributed by atoms with Crippen molar-refractivity contribution in [2.24, 2.45) is 0 Å². The number of halogens is 2. The van der Waals surface area contributed by atoms with Crippen molar-refractivity contribution in [1.82, 2.24) is 5.32 Å². The van der Waals surface area contributed by atoms with Gasteiger partial charge < -0.3 is 5.32 Å². The van der Waals surface area contributed by atoms with Crippen LogP contribution in [0.1, 0.15) is 31.2 Å². The van der Waals surface area contributed by atoms with E-state index in [1.165, 1.54) is 31.2 Å². The summed E-state index contributed by atoms with van der Waals surface area (Å²) >= 11 is 12.1. The Labute approximate surface area is 107 Å². The highest BCUT2D eigenvalue weighted by atomic mass is 35.5. The molecule has 0 aliphatic heterocycles. The minimum atomic E-state index is 0.267. The van der Waals surface area contributed by atoms with Gasteiger partial charge in [-0.05, 0) is 37.6 Å². The Hall–Kier alpha value is -0.240. The Morgan fingerprint density at radius 2 is 1.88 bits per heavy atom. The first-order chi connectivity index (χ1) is 7.68. The highest BCUT2D eigenvalue weighted by Crippen LogP contribution is 2.42. The van der Waals surface area contributed by atoms with E-state index in [-0.39, 0.29) is 5.41 Å². The minimum Gasteiger partial charge on any atom is -0.319 e. The van der Waals surface area contributed by atoms with Gasteiger partial charge in [-0.3, -0.25) is 0 Å². The zero-order valence-electron chi connectivity index (χ0n) is 9.52. The monoisotopic (exact) mass is 257 g/mol. The Balaban J connectivity index is 2.35. The number of hydrogen-bond acceptors (Lipinski definition) is 1. The van der Waals surface area contributed by atoms with Gasteiger partial charge in [0.15, 0.2) is 0 Å². The highest BCUT2D eigenvalue weighted by Gasteiger charge is 2.35. The molecule has 0 unspecified atom stereocenters. The van der Waals surface area contributed by atoms with Gasteiger partial charge in [0, 0.05) is 12.0 Å². The van der Waals surface area contributed by atoms with Gasteiger partial charge in [-0.2, -0.15) is 0 Å². The quantitative estimate of drug-likeness (QED) is 0.863. The van der Waals surface area contributed by atoms with Crippen LogP contribution >= 0.6 is 23.2 Å². The first-order valence-corrected chi connectivity index (χ1v) is 6.54. The van der Waals surface area contributed by atoms with Crippen LogP contribution in [0.15, 0.2) is 18.2 Å². The van der Waals surface area contributed by atoms with Crippen LogP contribution in [0.5, 0.6) is 0 Å². The summed E-state index contributed by atoms with van der Waals surface area (Å²) < 4.78 is 0. The molecule has 0 atom stereocenters. The summed E-state index contributed by atoms with van der Waals surface area (Å²) in [7, 11) is 2.01. The Kier molecular flexibility index (Phi) is 3.78. The van der Waals surface area contributed by atoms with Gasteiger partial charge in [-0.1, -0.05) is 42.1 Å². The smallest absolute Gasteiger partial charge is 0.0595 e. The summed E-state index contributed by atoms with van der Waals surface area (Å²) in [6.07, 6.45) is 5.10. The molecule has 1 saturated carbocycles. The lowest BCUT2D eigenvalue weighted by Gasteiger charge is -2.29. The van der Waals surface area contributed by atoms with Gasteiger partial charge in [0.1, 0.15) is 0 Å². The van der Waals surface area contributed by atoms with Crippen LogP contribution < -0.4 is 5.32 Å². The van der Waals surface area contributed by atoms with Crippen LogP contribution in [0.25, 0.3) is 0 Å². The molecule has 0 bridgehead atoms. The van der Waals surface area contributed by atoms with Crippen LogP contribution in [-0.4, -0.2) is 13.6 Å². The third-order valence-corrected chi connectivity index (χ3v) is 4.35. The maximum atomic E-state index is 6.10. The second-order valence-corrected chi connectivity index (χ2v) is 5.46. The van der Waals surface area contributed by atoms with E-state index in [1.807, 2.05) is 19.2 Å². The number of hydrogen-bond donors (Lipinski definition) is 1. The first-order valence-electron chi connectivity index (χ1n) is 5.78. The summed E-state index contributed by atoms with van der Waals surface area (Å²) in [4.78, 5) is 0. The second kappa shape index (κ2) is 4.95. The number of benzene rings is 1. The van der Waals surface area contributed by atoms with E-state index in [0.29, 0.717) is 10.0 Å². The lowest BCUT2D eigenvalue weighted by molar-refractivity contribution is 0.421. The summed E-state index contributed by atoms with van der Waals surface area (Å²) in [5.74, 6) is 0. The number of nitrogens with one attached hydrogen (secondary N) is 1. The van der Waals surface area contributed by atoms with Crippen molar-refractivity contribution in [3.05, 3.63) is 33.8 Å². The van der Waals surface area contributed by atoms with Gasteiger partial charge in [-0.15, -0.1) is 0 Å². The Bertz CT molecular complexity index is 370. The summed E-state index contributed by atoms with van der Waals surface area (Å²) in [5.41, 5.74) is 1.59. The minimum absolute atomic E-state index is 0.267. The molecule has 0 heterocycles. The second-order valence-electron chi connectivity index (χ2n) is 4.65. The van der Waals surface area contributed by atoms with Gasteiger partial charge in [0.05, 0.1) is 10.0 Å². The van der Waals surface area contributed by atoms with E-state index in [2.05, 4.69) is 11.4 Å². The van der Waals surface area contributed by atoms with Gasteiger partial charge >= 0.3 is 0 Å². The molecule has 1 N–H and O–H groups in total. The maximum Gasteiger partial charge on any atom is 0.0595 e. The molecule has 0 saturated heterocycles. The average Bonchev–Trinajstić information content (AvgIpc) is 2.72. The van der Waals surface area contributed by atoms with Crippen molar-refractivity contribution in [2.75, 3.05) is 13.6 Å². The number of rotatable bonds is 3. The van der Waals surface area contributed by atoms with E-state index < -0.39 is 0 Å². The van der Waals surface area contributed by atoms with Crippen LogP contribution in [0.4, 0.5) is 0 Å². The summed E-state index contributed by atoms with van der Waals surface area (Å²) in [5, 5.41) is 4.62. The first kappa shape index (κ1) is 12.2. The fourth-order valence-electron chi connectivity index (χ4n) is 2.78. The molecule has 88 valence electrons. The van der Waals surface area contributed by atoms with Crippen molar-refractivity contribution >= 4 is 23.2 Å². The predicted octanol–water partition coefficient (Wildman–Crippen LogP) is 4.02. The van der Waals surface area contributed by atoms with Crippen molar-refractivity contribution in [3.8, 4) is 0 Å². The molecule has 0 spiro atoms. The van der Waals surface area contributed by atoms with Crippen LogP contribution in [0.2, 0.25) is 10.0 Å². The van der Waals surface area contributed by atoms with Gasteiger partial charge in [-0.25, -0.2) is 0 Å². The summed E-state index contributed by atoms with van der Waals surface area (Å²) in [6, 6.07) is 6.07. The molecule has 16 heavy (non-hydrogen) atoms. The average molecular weight is 258 g/mol. The zero-order chi connectivity index (χ0) is 11.6. The molecule has 0 aromatic heterocycles. The van der Waals surface area contributed by atoms with E-state index in [1.54, 1.807) is 0 Å². The molecular formula is C13H17Cl2N. The Morgan fingerprint density at radius 1 is 1.19 bits per heavy atom. The highest BCUT2D eigenvalue weighted by molar-refractivity contribution is 6.42. The van der Waals surface area contributed by atoms with E-state index in [0.717, 1.165) is 6.54 Å². The van der Waals surface area contributed by atoms with Crippen molar-refractivity contribution < 1.29 is 0 Å². The van der Waals surface area contributed by atoms with Gasteiger partial charge in [0.25, 0.3) is 0 Å². The predicted molar refractivity (Wildman–Crippen MR) is 70.5 cm³/mol. The standard InChI is InChI=1S/C13H17Cl2N/c1-16-9-13(6-2-3-7-13)10-4-5-11(14)12(15)8-10/h4-5,8,16H,2-3,6-7,9H2,1H3. The third kappa shape index (κ3) is 2.22. The third-order valence-electron chi connectivity index (χ3n) is 3.61. The van der Waals surface area contributed by atoms with E-state index in [4.69, 9.17) is 23.2 Å². The molecule has 1 aliphatic rings. The lowest BCUT2D eigenvalue weighted by Crippen LogP contribution is -2.34. The van der Waals surface area contributed by atoms with Crippen molar-refractivity contribution in [1.29, 1.82) is 0 Å². The molecule has 0 amide bonds. The molecule has 1 aliphatic carbocycles. The van der Waals surface area contributed by atoms with Crippen molar-refractivity contribution in [2.45, 2.75) is 31.1 Å². The molecular weight excluding hydrogens is 241 g/mol. The van der Waals surface area contributed by atoms with Crippen LogP contribution in [0.3, 0.4) is 0 Å². The SMILES string of the molecule is CNCC1(c2ccc(Cl)c(Cl)c2)CCCC1. The molecule has 3 heteroatoms. The molecule has 1 fully saturated rings. The molecule has 1 aromatic carbocycles. The molecule has 1 nitrogen and oxygen atoms in total. The molecule has 1 aromatic rings. The van der Waals surface area contributed by atoms with Crippen molar-refractivity contribution in [3.63, 3.8) is 0 Å². The van der Waals surface area contributed by atoms with Gasteiger partial charge in [0.2, 0.25) is 0 Å². The zero-order valence-corrected chi connectivity index (χ0v) is 11.0. The Morgan fingerprint density at radius 3 is 2.44 bits per heavy atom. The molecule has 2 rings (SSSR count). The lowest BCUT2D eigenvalue weighted by atomic mass is 9.79. The topological polar surface area (TPSA) is 12.0 Å². The fraction of sp³-hybridized carbons (Fsp3) is 0.538. The van der Waals surface area contributed by atoms with E-state index >= 15 is 0 Å². The van der Waals surface area contributed by atoms with E-state index in [9.17, 15) is 0 Å². The largest absolute Gasteiger partial charge is 0.319 e. The fourth-order valence-corrected chi connectivity index (χ4v) is 3.08.